The Bertz CT molecular complexity index is 1260. The molecule has 4 N–H and O–H groups in total. The molecule has 2 aromatic carbocycles. The number of hydrogen-bond donors (Lipinski definition) is 4. The fraction of sp³-hybridized carbons (Fsp3) is 0.261. The molecule has 1 fully saturated rings. The first kappa shape index (κ1) is 23.5. The number of fused-ring (bicyclic) bond motifs is 1. The van der Waals surface area contributed by atoms with Crippen LogP contribution < -0.4 is 20.3 Å². The molecule has 1 aliphatic rings. The number of aliphatic hydroxyl groups is 1. The summed E-state index contributed by atoms with van der Waals surface area (Å²) in [5.41, 5.74) is -0.706. The number of hydrogen-bond acceptors (Lipinski definition) is 5. The molecule has 2 heterocycles. The van der Waals surface area contributed by atoms with E-state index in [2.05, 4.69) is 15.6 Å². The van der Waals surface area contributed by atoms with Crippen LogP contribution in [-0.4, -0.2) is 46.7 Å². The summed E-state index contributed by atoms with van der Waals surface area (Å²) in [4.78, 5) is 41.6. The van der Waals surface area contributed by atoms with Crippen molar-refractivity contribution in [2.45, 2.75) is 25.5 Å². The average Bonchev–Trinajstić information content (AvgIpc) is 3.31. The Morgan fingerprint density at radius 3 is 2.76 bits per heavy atom. The Kier molecular flexibility index (Phi) is 6.45. The molecular weight excluding hydrogens is 467 g/mol. The highest BCUT2D eigenvalue weighted by Crippen LogP contribution is 2.32. The Morgan fingerprint density at radius 1 is 1.24 bits per heavy atom. The molecule has 3 amide bonds. The maximum absolute atomic E-state index is 13.5. The van der Waals surface area contributed by atoms with E-state index >= 15 is 0 Å². The molecule has 0 unspecified atom stereocenters. The molecule has 0 aliphatic carbocycles. The molecule has 1 saturated heterocycles. The van der Waals surface area contributed by atoms with Gasteiger partial charge < -0.3 is 30.4 Å². The fourth-order valence-corrected chi connectivity index (χ4v) is 4.04. The van der Waals surface area contributed by atoms with Crippen LogP contribution in [-0.2, 0) is 16.1 Å². The van der Waals surface area contributed by atoms with Gasteiger partial charge in [-0.15, -0.1) is 0 Å². The van der Waals surface area contributed by atoms with E-state index in [1.54, 1.807) is 31.2 Å². The second-order valence-corrected chi connectivity index (χ2v) is 8.29. The number of anilines is 1. The molecule has 178 valence electrons. The van der Waals surface area contributed by atoms with E-state index in [1.807, 2.05) is 0 Å². The summed E-state index contributed by atoms with van der Waals surface area (Å²) >= 11 is 5.82. The lowest BCUT2D eigenvalue weighted by molar-refractivity contribution is -0.149. The molecule has 1 aliphatic heterocycles. The van der Waals surface area contributed by atoms with Gasteiger partial charge in [0.2, 0.25) is 11.5 Å². The van der Waals surface area contributed by atoms with Gasteiger partial charge in [-0.05, 0) is 48.9 Å². The lowest BCUT2D eigenvalue weighted by atomic mass is 10.0. The van der Waals surface area contributed by atoms with Crippen LogP contribution in [0.25, 0.3) is 10.9 Å². The highest BCUT2D eigenvalue weighted by molar-refractivity contribution is 6.30. The number of amides is 3. The predicted molar refractivity (Wildman–Crippen MR) is 123 cm³/mol. The fourth-order valence-electron chi connectivity index (χ4n) is 3.80. The normalized spacial score (nSPS) is 17.8. The van der Waals surface area contributed by atoms with Gasteiger partial charge in [0.05, 0.1) is 0 Å². The molecule has 0 bridgehead atoms. The quantitative estimate of drug-likeness (QED) is 0.397. The van der Waals surface area contributed by atoms with Crippen LogP contribution in [0.2, 0.25) is 5.02 Å². The van der Waals surface area contributed by atoms with Crippen molar-refractivity contribution in [3.63, 3.8) is 0 Å². The smallest absolute Gasteiger partial charge is 0.393 e. The summed E-state index contributed by atoms with van der Waals surface area (Å²) in [6.07, 6.45) is -0.709. The van der Waals surface area contributed by atoms with Crippen LogP contribution in [0.1, 0.15) is 18.9 Å². The third-order valence-electron chi connectivity index (χ3n) is 5.46. The minimum atomic E-state index is -2.25. The van der Waals surface area contributed by atoms with E-state index in [0.29, 0.717) is 28.7 Å². The predicted octanol–water partition coefficient (Wildman–Crippen LogP) is 2.85. The minimum absolute atomic E-state index is 0.102. The Hall–Kier alpha value is -3.63. The van der Waals surface area contributed by atoms with Gasteiger partial charge in [-0.2, -0.15) is 0 Å². The van der Waals surface area contributed by atoms with Crippen molar-refractivity contribution in [1.82, 2.24) is 15.6 Å². The van der Waals surface area contributed by atoms with Crippen LogP contribution >= 0.6 is 11.6 Å². The van der Waals surface area contributed by atoms with Gasteiger partial charge in [0, 0.05) is 53.7 Å². The van der Waals surface area contributed by atoms with Gasteiger partial charge in [-0.3, -0.25) is 9.59 Å². The van der Waals surface area contributed by atoms with E-state index in [9.17, 15) is 23.9 Å². The minimum Gasteiger partial charge on any atom is -0.393 e. The van der Waals surface area contributed by atoms with E-state index in [4.69, 9.17) is 16.3 Å². The summed E-state index contributed by atoms with van der Waals surface area (Å²) in [5, 5.41) is 16.7. The Balaban J connectivity index is 1.47. The summed E-state index contributed by atoms with van der Waals surface area (Å²) in [7, 11) is 0. The molecule has 0 spiro atoms. The zero-order chi connectivity index (χ0) is 24.5. The maximum atomic E-state index is 13.5. The molecular formula is C23H22ClFN4O5. The highest BCUT2D eigenvalue weighted by atomic mass is 35.5. The molecule has 34 heavy (non-hydrogen) atoms. The molecule has 3 aromatic rings. The third kappa shape index (κ3) is 4.68. The zero-order valence-electron chi connectivity index (χ0n) is 18.2. The summed E-state index contributed by atoms with van der Waals surface area (Å²) in [6, 6.07) is 10.5. The number of benzene rings is 2. The van der Waals surface area contributed by atoms with Gasteiger partial charge in [0.25, 0.3) is 11.8 Å². The van der Waals surface area contributed by atoms with E-state index < -0.39 is 29.3 Å². The van der Waals surface area contributed by atoms with E-state index in [0.717, 1.165) is 6.07 Å². The average molecular weight is 489 g/mol. The van der Waals surface area contributed by atoms with Gasteiger partial charge in [-0.1, -0.05) is 11.6 Å². The SMILES string of the molecule is CCNC(=O)Oc1cc2cc(N3CC[C@](O)(C(=O)NCc4cc(F)cc(Cl)c4)C3=O)ccc2[nH]1. The summed E-state index contributed by atoms with van der Waals surface area (Å²) in [5.74, 6) is -1.96. The van der Waals surface area contributed by atoms with Gasteiger partial charge in [-0.25, -0.2) is 9.18 Å². The van der Waals surface area contributed by atoms with Gasteiger partial charge in [0.1, 0.15) is 5.82 Å². The first-order valence-electron chi connectivity index (χ1n) is 10.6. The number of aromatic nitrogens is 1. The van der Waals surface area contributed by atoms with Crippen molar-refractivity contribution in [2.24, 2.45) is 0 Å². The molecule has 0 saturated carbocycles. The van der Waals surface area contributed by atoms with Crippen molar-refractivity contribution in [1.29, 1.82) is 0 Å². The van der Waals surface area contributed by atoms with Gasteiger partial charge in [0.15, 0.2) is 0 Å². The van der Waals surface area contributed by atoms with Crippen LogP contribution in [0.4, 0.5) is 14.9 Å². The largest absolute Gasteiger partial charge is 0.413 e. The number of nitrogens with zero attached hydrogens (tertiary/aromatic N) is 1. The van der Waals surface area contributed by atoms with Crippen molar-refractivity contribution in [3.05, 3.63) is 58.9 Å². The maximum Gasteiger partial charge on any atom is 0.413 e. The number of halogens is 2. The molecule has 4 rings (SSSR count). The monoisotopic (exact) mass is 488 g/mol. The van der Waals surface area contributed by atoms with Crippen LogP contribution in [0, 0.1) is 5.82 Å². The molecule has 1 atom stereocenters. The summed E-state index contributed by atoms with van der Waals surface area (Å²) in [6.45, 7) is 2.21. The van der Waals surface area contributed by atoms with Crippen molar-refractivity contribution in [2.75, 3.05) is 18.0 Å². The second kappa shape index (κ2) is 9.32. The number of carbonyl (C=O) groups is 3. The standard InChI is InChI=1S/C23H22ClFN4O5/c1-2-26-22(32)34-19-10-14-9-17(3-4-18(14)28-19)29-6-5-23(33,21(29)31)20(30)27-12-13-7-15(24)11-16(25)8-13/h3-4,7-11,28,33H,2,5-6,12H2,1H3,(H,26,32)(H,27,30)/t23-/m0/s1. The Morgan fingerprint density at radius 2 is 2.03 bits per heavy atom. The molecule has 0 radical (unpaired) electrons. The molecule has 1 aromatic heterocycles. The number of nitrogens with one attached hydrogen (secondary N) is 3. The molecule has 9 nitrogen and oxygen atoms in total. The highest BCUT2D eigenvalue weighted by Gasteiger charge is 2.51. The van der Waals surface area contributed by atoms with E-state index in [1.165, 1.54) is 17.0 Å². The third-order valence-corrected chi connectivity index (χ3v) is 5.68. The lowest BCUT2D eigenvalue weighted by Crippen LogP contribution is -2.52. The van der Waals surface area contributed by atoms with Crippen molar-refractivity contribution >= 4 is 46.1 Å². The van der Waals surface area contributed by atoms with Crippen LogP contribution in [0.15, 0.2) is 42.5 Å². The summed E-state index contributed by atoms with van der Waals surface area (Å²) < 4.78 is 18.7. The van der Waals surface area contributed by atoms with Gasteiger partial charge >= 0.3 is 6.09 Å². The topological polar surface area (TPSA) is 124 Å². The number of aromatic amines is 1. The Labute approximate surface area is 198 Å². The number of ether oxygens (including phenoxy) is 1. The first-order valence-corrected chi connectivity index (χ1v) is 10.9. The van der Waals surface area contributed by atoms with E-state index in [-0.39, 0.29) is 30.4 Å². The zero-order valence-corrected chi connectivity index (χ0v) is 18.9. The van der Waals surface area contributed by atoms with Crippen LogP contribution in [0.5, 0.6) is 5.88 Å². The number of rotatable bonds is 6. The number of H-pyrrole nitrogens is 1. The van der Waals surface area contributed by atoms with Crippen molar-refractivity contribution < 1.29 is 28.6 Å². The van der Waals surface area contributed by atoms with Crippen LogP contribution in [0.3, 0.4) is 0 Å². The number of carbonyl (C=O) groups excluding carboxylic acids is 3. The van der Waals surface area contributed by atoms with Crippen molar-refractivity contribution in [3.8, 4) is 5.88 Å². The molecule has 11 heteroatoms. The first-order chi connectivity index (χ1) is 16.2. The lowest BCUT2D eigenvalue weighted by Gasteiger charge is -2.22. The second-order valence-electron chi connectivity index (χ2n) is 7.85.